The fraction of sp³-hybridized carbons (Fsp3) is 0.765. The van der Waals surface area contributed by atoms with Crippen LogP contribution in [0, 0.1) is 18.3 Å². The number of likely N-dealkylation sites (tertiary alicyclic amines) is 1. The van der Waals surface area contributed by atoms with Gasteiger partial charge in [-0.2, -0.15) is 5.10 Å². The van der Waals surface area contributed by atoms with E-state index in [0.29, 0.717) is 16.7 Å². The van der Waals surface area contributed by atoms with Gasteiger partial charge >= 0.3 is 6.09 Å². The third kappa shape index (κ3) is 1.90. The van der Waals surface area contributed by atoms with Crippen LogP contribution in [-0.4, -0.2) is 39.9 Å². The average molecular weight is 303 g/mol. The molecule has 0 spiro atoms. The Morgan fingerprint density at radius 1 is 1.36 bits per heavy atom. The number of carbonyl (C=O) groups is 1. The summed E-state index contributed by atoms with van der Waals surface area (Å²) in [6.45, 7) is 9.52. The number of H-pyrrole nitrogens is 1. The van der Waals surface area contributed by atoms with E-state index in [-0.39, 0.29) is 6.09 Å². The van der Waals surface area contributed by atoms with Gasteiger partial charge < -0.3 is 9.64 Å². The molecule has 3 saturated carbocycles. The predicted octanol–water partition coefficient (Wildman–Crippen LogP) is 3.01. The van der Waals surface area contributed by atoms with Gasteiger partial charge in [-0.05, 0) is 58.4 Å². The van der Waals surface area contributed by atoms with Crippen LogP contribution in [0.2, 0.25) is 0 Å². The monoisotopic (exact) mass is 303 g/mol. The number of ether oxygens (including phenoxy) is 1. The van der Waals surface area contributed by atoms with E-state index in [4.69, 9.17) is 4.74 Å². The zero-order chi connectivity index (χ0) is 15.8. The summed E-state index contributed by atoms with van der Waals surface area (Å²) in [6.07, 6.45) is 3.62. The summed E-state index contributed by atoms with van der Waals surface area (Å²) < 4.78 is 5.43. The Kier molecular flexibility index (Phi) is 2.60. The highest BCUT2D eigenvalue weighted by Crippen LogP contribution is 2.77. The molecule has 5 heteroatoms. The Balaban J connectivity index is 1.31. The number of nitrogens with zero attached hydrogens (tertiary/aromatic N) is 2. The molecule has 1 aromatic heterocycles. The molecule has 22 heavy (non-hydrogen) atoms. The molecule has 5 nitrogen and oxygen atoms in total. The number of aryl methyl sites for hydroxylation is 1. The Bertz CT molecular complexity index is 602. The number of rotatable bonds is 2. The fourth-order valence-corrected chi connectivity index (χ4v) is 4.62. The van der Waals surface area contributed by atoms with Crippen molar-refractivity contribution in [1.82, 2.24) is 15.1 Å². The van der Waals surface area contributed by atoms with Gasteiger partial charge in [-0.15, -0.1) is 0 Å². The molecule has 2 bridgehead atoms. The van der Waals surface area contributed by atoms with Crippen LogP contribution >= 0.6 is 0 Å². The molecule has 1 amide bonds. The third-order valence-corrected chi connectivity index (χ3v) is 5.75. The maximum atomic E-state index is 12.0. The molecule has 0 atom stereocenters. The Labute approximate surface area is 131 Å². The Hall–Kier alpha value is -1.52. The van der Waals surface area contributed by atoms with Crippen molar-refractivity contribution in [3.8, 4) is 0 Å². The number of hydrogen-bond donors (Lipinski definition) is 1. The number of aromatic amines is 1. The summed E-state index contributed by atoms with van der Waals surface area (Å²) >= 11 is 0. The lowest BCUT2D eigenvalue weighted by Crippen LogP contribution is -2.73. The molecule has 1 N–H and O–H groups in total. The second-order valence-corrected chi connectivity index (χ2v) is 8.68. The van der Waals surface area contributed by atoms with Crippen molar-refractivity contribution in [2.75, 3.05) is 13.1 Å². The zero-order valence-electron chi connectivity index (χ0n) is 13.9. The van der Waals surface area contributed by atoms with E-state index in [0.717, 1.165) is 18.8 Å². The van der Waals surface area contributed by atoms with Crippen LogP contribution in [0.3, 0.4) is 0 Å². The van der Waals surface area contributed by atoms with Crippen LogP contribution in [0.1, 0.15) is 51.4 Å². The minimum atomic E-state index is -0.402. The number of amides is 1. The van der Waals surface area contributed by atoms with Crippen LogP contribution in [0.25, 0.3) is 0 Å². The van der Waals surface area contributed by atoms with Gasteiger partial charge in [-0.3, -0.25) is 5.10 Å². The molecule has 5 rings (SSSR count). The molecule has 120 valence electrons. The SMILES string of the molecule is Cc1cc(C23CC(C4CN(C(=O)OC(C)(C)C)C4)(C2)C3)[nH]n1. The highest BCUT2D eigenvalue weighted by Gasteiger charge is 2.72. The molecule has 3 aliphatic carbocycles. The van der Waals surface area contributed by atoms with E-state index in [1.54, 1.807) is 0 Å². The minimum absolute atomic E-state index is 0.158. The molecule has 1 aliphatic heterocycles. The van der Waals surface area contributed by atoms with E-state index in [1.807, 2.05) is 32.6 Å². The van der Waals surface area contributed by atoms with Gasteiger partial charge in [-0.1, -0.05) is 0 Å². The van der Waals surface area contributed by atoms with Gasteiger partial charge in [0.05, 0.1) is 5.69 Å². The highest BCUT2D eigenvalue weighted by molar-refractivity contribution is 5.69. The maximum Gasteiger partial charge on any atom is 0.410 e. The normalized spacial score (nSPS) is 33.7. The Morgan fingerprint density at radius 3 is 2.50 bits per heavy atom. The topological polar surface area (TPSA) is 58.2 Å². The predicted molar refractivity (Wildman–Crippen MR) is 82.6 cm³/mol. The first-order valence-electron chi connectivity index (χ1n) is 8.22. The van der Waals surface area contributed by atoms with Crippen molar-refractivity contribution in [1.29, 1.82) is 0 Å². The van der Waals surface area contributed by atoms with Crippen LogP contribution < -0.4 is 0 Å². The molecule has 0 unspecified atom stereocenters. The van der Waals surface area contributed by atoms with Crippen molar-refractivity contribution >= 4 is 6.09 Å². The van der Waals surface area contributed by atoms with E-state index < -0.39 is 5.60 Å². The van der Waals surface area contributed by atoms with Crippen molar-refractivity contribution in [2.24, 2.45) is 11.3 Å². The number of nitrogens with one attached hydrogen (secondary N) is 1. The quantitative estimate of drug-likeness (QED) is 0.913. The van der Waals surface area contributed by atoms with E-state index >= 15 is 0 Å². The lowest BCUT2D eigenvalue weighted by atomic mass is 9.30. The van der Waals surface area contributed by atoms with Crippen molar-refractivity contribution < 1.29 is 9.53 Å². The molecular formula is C17H25N3O2. The summed E-state index contributed by atoms with van der Waals surface area (Å²) in [7, 11) is 0. The molecular weight excluding hydrogens is 278 g/mol. The summed E-state index contributed by atoms with van der Waals surface area (Å²) in [5, 5.41) is 7.46. The Morgan fingerprint density at radius 2 is 2.00 bits per heavy atom. The summed E-state index contributed by atoms with van der Waals surface area (Å²) in [5.41, 5.74) is 2.84. The third-order valence-electron chi connectivity index (χ3n) is 5.75. The van der Waals surface area contributed by atoms with Crippen molar-refractivity contribution in [3.63, 3.8) is 0 Å². The summed E-state index contributed by atoms with van der Waals surface area (Å²) in [4.78, 5) is 13.9. The largest absolute Gasteiger partial charge is 0.444 e. The molecule has 0 aromatic carbocycles. The molecule has 4 fully saturated rings. The first kappa shape index (κ1) is 14.1. The second-order valence-electron chi connectivity index (χ2n) is 8.68. The number of aromatic nitrogens is 2. The van der Waals surface area contributed by atoms with Gasteiger partial charge in [0.15, 0.2) is 0 Å². The molecule has 2 heterocycles. The van der Waals surface area contributed by atoms with Gasteiger partial charge in [0.1, 0.15) is 5.60 Å². The fourth-order valence-electron chi connectivity index (χ4n) is 4.62. The van der Waals surface area contributed by atoms with Gasteiger partial charge in [-0.25, -0.2) is 4.79 Å². The number of hydrogen-bond acceptors (Lipinski definition) is 3. The lowest BCUT2D eigenvalue weighted by Gasteiger charge is -2.75. The van der Waals surface area contributed by atoms with Gasteiger partial charge in [0, 0.05) is 30.1 Å². The molecule has 0 radical (unpaired) electrons. The van der Waals surface area contributed by atoms with Crippen molar-refractivity contribution in [2.45, 2.75) is 58.0 Å². The smallest absolute Gasteiger partial charge is 0.410 e. The van der Waals surface area contributed by atoms with Crippen LogP contribution in [-0.2, 0) is 10.2 Å². The van der Waals surface area contributed by atoms with Gasteiger partial charge in [0.2, 0.25) is 0 Å². The lowest BCUT2D eigenvalue weighted by molar-refractivity contribution is -0.210. The first-order valence-corrected chi connectivity index (χ1v) is 8.22. The minimum Gasteiger partial charge on any atom is -0.444 e. The van der Waals surface area contributed by atoms with Gasteiger partial charge in [0.25, 0.3) is 0 Å². The highest BCUT2D eigenvalue weighted by atomic mass is 16.6. The van der Waals surface area contributed by atoms with Crippen LogP contribution in [0.15, 0.2) is 6.07 Å². The van der Waals surface area contributed by atoms with Crippen LogP contribution in [0.4, 0.5) is 4.79 Å². The van der Waals surface area contributed by atoms with Crippen molar-refractivity contribution in [3.05, 3.63) is 17.5 Å². The van der Waals surface area contributed by atoms with E-state index in [1.165, 1.54) is 25.0 Å². The summed E-state index contributed by atoms with van der Waals surface area (Å²) in [6, 6.07) is 2.19. The first-order chi connectivity index (χ1) is 10.2. The van der Waals surface area contributed by atoms with Crippen LogP contribution in [0.5, 0.6) is 0 Å². The molecule has 1 saturated heterocycles. The maximum absolute atomic E-state index is 12.0. The average Bonchev–Trinajstić information content (AvgIpc) is 2.61. The molecule has 4 aliphatic rings. The summed E-state index contributed by atoms with van der Waals surface area (Å²) in [5.74, 6) is 0.658. The van der Waals surface area contributed by atoms with E-state index in [2.05, 4.69) is 16.3 Å². The second kappa shape index (κ2) is 4.06. The number of carbonyl (C=O) groups excluding carboxylic acids is 1. The standard InChI is InChI=1S/C17H25N3O2/c1-11-5-13(19-18-11)17-8-16(9-17,10-17)12-6-20(7-12)14(21)22-15(2,3)4/h5,12H,6-10H2,1-4H3,(H,18,19). The molecule has 1 aromatic rings. The van der Waals surface area contributed by atoms with E-state index in [9.17, 15) is 4.79 Å². The zero-order valence-corrected chi connectivity index (χ0v) is 13.9.